The number of hydrogen-bond acceptors (Lipinski definition) is 2. The molecule has 2 aromatic rings. The van der Waals surface area contributed by atoms with Crippen LogP contribution in [0.4, 0.5) is 10.5 Å². The molecule has 7 heteroatoms. The molecule has 0 radical (unpaired) electrons. The molecule has 3 rings (SSSR count). The lowest BCUT2D eigenvalue weighted by Crippen LogP contribution is -2.38. The van der Waals surface area contributed by atoms with E-state index in [1.807, 2.05) is 37.3 Å². The lowest BCUT2D eigenvalue weighted by Gasteiger charge is -2.26. The third kappa shape index (κ3) is 4.59. The first-order chi connectivity index (χ1) is 13.4. The fourth-order valence-electron chi connectivity index (χ4n) is 3.28. The second-order valence-corrected chi connectivity index (χ2v) is 7.77. The number of anilines is 1. The Hall–Kier alpha value is -2.24. The second-order valence-electron chi connectivity index (χ2n) is 6.93. The molecular formula is C21H23Cl2N3O2. The summed E-state index contributed by atoms with van der Waals surface area (Å²) in [5.41, 5.74) is 2.65. The quantitative estimate of drug-likeness (QED) is 0.738. The fraction of sp³-hybridized carbons (Fsp3) is 0.333. The number of halogens is 2. The summed E-state index contributed by atoms with van der Waals surface area (Å²) < 4.78 is 0. The third-order valence-electron chi connectivity index (χ3n) is 5.05. The zero-order valence-electron chi connectivity index (χ0n) is 15.9. The summed E-state index contributed by atoms with van der Waals surface area (Å²) in [6.07, 6.45) is 1.48. The molecule has 2 aromatic carbocycles. The summed E-state index contributed by atoms with van der Waals surface area (Å²) in [6.45, 7) is 3.03. The van der Waals surface area contributed by atoms with Gasteiger partial charge in [0.1, 0.15) is 0 Å². The standard InChI is InChI=1S/C21H23Cl2N3O2/c1-14(18-9-8-16(22)12-19(18)23)25(2)21(28)24-13-15-5-3-6-17(11-15)26-10-4-7-20(26)27/h3,5-6,8-9,11-12,14H,4,7,10,13H2,1-2H3,(H,24,28). The van der Waals surface area contributed by atoms with Gasteiger partial charge in [0.25, 0.3) is 0 Å². The van der Waals surface area contributed by atoms with Crippen molar-refractivity contribution >= 4 is 40.8 Å². The van der Waals surface area contributed by atoms with E-state index >= 15 is 0 Å². The zero-order chi connectivity index (χ0) is 20.3. The summed E-state index contributed by atoms with van der Waals surface area (Å²) in [7, 11) is 1.73. The first-order valence-electron chi connectivity index (χ1n) is 9.21. The van der Waals surface area contributed by atoms with Crippen LogP contribution in [0.5, 0.6) is 0 Å². The van der Waals surface area contributed by atoms with Gasteiger partial charge in [-0.15, -0.1) is 0 Å². The van der Waals surface area contributed by atoms with Crippen molar-refractivity contribution in [2.24, 2.45) is 0 Å². The Morgan fingerprint density at radius 1 is 1.25 bits per heavy atom. The highest BCUT2D eigenvalue weighted by Gasteiger charge is 2.22. The average Bonchev–Trinajstić information content (AvgIpc) is 3.11. The molecule has 28 heavy (non-hydrogen) atoms. The topological polar surface area (TPSA) is 52.7 Å². The van der Waals surface area contributed by atoms with Crippen LogP contribution in [0.3, 0.4) is 0 Å². The van der Waals surface area contributed by atoms with Crippen LogP contribution in [0.25, 0.3) is 0 Å². The molecule has 0 bridgehead atoms. The number of nitrogens with zero attached hydrogens (tertiary/aromatic N) is 2. The number of rotatable bonds is 5. The van der Waals surface area contributed by atoms with Crippen LogP contribution in [0, 0.1) is 0 Å². The molecule has 0 aliphatic carbocycles. The van der Waals surface area contributed by atoms with Crippen molar-refractivity contribution in [3.63, 3.8) is 0 Å². The van der Waals surface area contributed by atoms with Crippen molar-refractivity contribution in [2.45, 2.75) is 32.4 Å². The highest BCUT2D eigenvalue weighted by atomic mass is 35.5. The molecule has 5 nitrogen and oxygen atoms in total. The lowest BCUT2D eigenvalue weighted by atomic mass is 10.1. The molecule has 1 atom stereocenters. The molecule has 148 valence electrons. The Kier molecular flexibility index (Phi) is 6.47. The Morgan fingerprint density at radius 2 is 2.04 bits per heavy atom. The second kappa shape index (κ2) is 8.84. The fourth-order valence-corrected chi connectivity index (χ4v) is 3.85. The lowest BCUT2D eigenvalue weighted by molar-refractivity contribution is -0.117. The average molecular weight is 420 g/mol. The minimum Gasteiger partial charge on any atom is -0.334 e. The van der Waals surface area contributed by atoms with E-state index in [2.05, 4.69) is 5.32 Å². The van der Waals surface area contributed by atoms with Crippen LogP contribution in [0.2, 0.25) is 10.0 Å². The van der Waals surface area contributed by atoms with E-state index in [1.165, 1.54) is 0 Å². The van der Waals surface area contributed by atoms with E-state index in [-0.39, 0.29) is 18.0 Å². The molecule has 1 fully saturated rings. The molecular weight excluding hydrogens is 397 g/mol. The minimum atomic E-state index is -0.210. The maximum Gasteiger partial charge on any atom is 0.317 e. The van der Waals surface area contributed by atoms with Crippen LogP contribution in [-0.2, 0) is 11.3 Å². The Balaban J connectivity index is 1.62. The molecule has 1 heterocycles. The molecule has 1 N–H and O–H groups in total. The highest BCUT2D eigenvalue weighted by molar-refractivity contribution is 6.35. The van der Waals surface area contributed by atoms with E-state index in [1.54, 1.807) is 29.0 Å². The van der Waals surface area contributed by atoms with Crippen molar-refractivity contribution in [2.75, 3.05) is 18.5 Å². The van der Waals surface area contributed by atoms with Crippen molar-refractivity contribution in [3.8, 4) is 0 Å². The van der Waals surface area contributed by atoms with Gasteiger partial charge >= 0.3 is 6.03 Å². The molecule has 1 aliphatic rings. The predicted octanol–water partition coefficient (Wildman–Crippen LogP) is 5.02. The number of nitrogens with one attached hydrogen (secondary N) is 1. The van der Waals surface area contributed by atoms with E-state index in [4.69, 9.17) is 23.2 Å². The monoisotopic (exact) mass is 419 g/mol. The first kappa shape index (κ1) is 20.5. The zero-order valence-corrected chi connectivity index (χ0v) is 17.4. The predicted molar refractivity (Wildman–Crippen MR) is 113 cm³/mol. The van der Waals surface area contributed by atoms with Gasteiger partial charge in [-0.3, -0.25) is 4.79 Å². The summed E-state index contributed by atoms with van der Waals surface area (Å²) >= 11 is 12.2. The van der Waals surface area contributed by atoms with Gasteiger partial charge in [-0.2, -0.15) is 0 Å². The summed E-state index contributed by atoms with van der Waals surface area (Å²) in [5, 5.41) is 4.01. The largest absolute Gasteiger partial charge is 0.334 e. The maximum atomic E-state index is 12.6. The number of urea groups is 1. The molecule has 1 unspecified atom stereocenters. The molecule has 0 spiro atoms. The highest BCUT2D eigenvalue weighted by Crippen LogP contribution is 2.29. The van der Waals surface area contributed by atoms with Crippen molar-refractivity contribution < 1.29 is 9.59 Å². The van der Waals surface area contributed by atoms with Gasteiger partial charge in [-0.05, 0) is 48.7 Å². The number of carbonyl (C=O) groups excluding carboxylic acids is 2. The van der Waals surface area contributed by atoms with Crippen molar-refractivity contribution in [1.29, 1.82) is 0 Å². The van der Waals surface area contributed by atoms with Crippen LogP contribution >= 0.6 is 23.2 Å². The van der Waals surface area contributed by atoms with E-state index in [0.29, 0.717) is 23.0 Å². The Bertz CT molecular complexity index is 888. The van der Waals surface area contributed by atoms with E-state index in [9.17, 15) is 9.59 Å². The molecule has 0 saturated carbocycles. The van der Waals surface area contributed by atoms with Crippen LogP contribution in [0.1, 0.15) is 36.9 Å². The van der Waals surface area contributed by atoms with E-state index < -0.39 is 0 Å². The summed E-state index contributed by atoms with van der Waals surface area (Å²) in [6, 6.07) is 12.6. The minimum absolute atomic E-state index is 0.148. The number of carbonyl (C=O) groups is 2. The van der Waals surface area contributed by atoms with Gasteiger partial charge < -0.3 is 15.1 Å². The van der Waals surface area contributed by atoms with Gasteiger partial charge in [0, 0.05) is 42.3 Å². The van der Waals surface area contributed by atoms with Gasteiger partial charge in [0.15, 0.2) is 0 Å². The van der Waals surface area contributed by atoms with Crippen LogP contribution in [0.15, 0.2) is 42.5 Å². The SMILES string of the molecule is CC(c1ccc(Cl)cc1Cl)N(C)C(=O)NCc1cccc(N2CCCC2=O)c1. The molecule has 1 aliphatic heterocycles. The summed E-state index contributed by atoms with van der Waals surface area (Å²) in [4.78, 5) is 27.9. The molecule has 3 amide bonds. The van der Waals surface area contributed by atoms with Crippen molar-refractivity contribution in [3.05, 3.63) is 63.6 Å². The number of benzene rings is 2. The molecule has 1 saturated heterocycles. The number of amides is 3. The maximum absolute atomic E-state index is 12.6. The summed E-state index contributed by atoms with van der Waals surface area (Å²) in [5.74, 6) is 0.148. The first-order valence-corrected chi connectivity index (χ1v) is 9.97. The number of hydrogen-bond donors (Lipinski definition) is 1. The van der Waals surface area contributed by atoms with Crippen LogP contribution in [-0.4, -0.2) is 30.4 Å². The van der Waals surface area contributed by atoms with Crippen molar-refractivity contribution in [1.82, 2.24) is 10.2 Å². The van der Waals surface area contributed by atoms with Gasteiger partial charge in [-0.1, -0.05) is 41.4 Å². The Morgan fingerprint density at radius 3 is 2.71 bits per heavy atom. The van der Waals surface area contributed by atoms with Gasteiger partial charge in [-0.25, -0.2) is 4.79 Å². The van der Waals surface area contributed by atoms with Gasteiger partial charge in [0.05, 0.1) is 6.04 Å². The normalized spacial score (nSPS) is 14.9. The smallest absolute Gasteiger partial charge is 0.317 e. The van der Waals surface area contributed by atoms with E-state index in [0.717, 1.165) is 29.8 Å². The van der Waals surface area contributed by atoms with Gasteiger partial charge in [0.2, 0.25) is 5.91 Å². The van der Waals surface area contributed by atoms with Crippen LogP contribution < -0.4 is 10.2 Å². The Labute approximate surface area is 175 Å². The third-order valence-corrected chi connectivity index (χ3v) is 5.62. The molecule has 0 aromatic heterocycles.